The first-order valence-corrected chi connectivity index (χ1v) is 2.21. The third kappa shape index (κ3) is 0.458. The molecule has 0 saturated carbocycles. The highest BCUT2D eigenvalue weighted by atomic mass is 16.6. The van der Waals surface area contributed by atoms with Crippen LogP contribution in [0, 0.1) is 22.7 Å². The molecule has 3 heteroatoms. The summed E-state index contributed by atoms with van der Waals surface area (Å²) in [6, 6.07) is 3.71. The van der Waals surface area contributed by atoms with E-state index in [0.29, 0.717) is 0 Å². The van der Waals surface area contributed by atoms with Gasteiger partial charge in [-0.05, 0) is 6.92 Å². The van der Waals surface area contributed by atoms with E-state index in [0.717, 1.165) is 0 Å². The van der Waals surface area contributed by atoms with Crippen molar-refractivity contribution in [1.82, 2.24) is 0 Å². The molecule has 3 nitrogen and oxygen atoms in total. The molecule has 1 aliphatic heterocycles. The first kappa shape index (κ1) is 5.08. The van der Waals surface area contributed by atoms with E-state index in [2.05, 4.69) is 4.74 Å². The second-order valence-electron chi connectivity index (χ2n) is 1.85. The summed E-state index contributed by atoms with van der Waals surface area (Å²) >= 11 is 0. The Kier molecular flexibility index (Phi) is 0.770. The molecule has 0 aromatic heterocycles. The molecule has 1 heterocycles. The van der Waals surface area contributed by atoms with Gasteiger partial charge in [0, 0.05) is 0 Å². The summed E-state index contributed by atoms with van der Waals surface area (Å²) in [6.07, 6.45) is -0.493. The molecule has 0 spiro atoms. The number of rotatable bonds is 0. The van der Waals surface area contributed by atoms with Gasteiger partial charge in [0.15, 0.2) is 11.7 Å². The summed E-state index contributed by atoms with van der Waals surface area (Å²) < 4.78 is 4.68. The molecule has 1 fully saturated rings. The Labute approximate surface area is 47.1 Å². The molecule has 0 N–H and O–H groups in total. The summed E-state index contributed by atoms with van der Waals surface area (Å²) in [7, 11) is 0. The topological polar surface area (TPSA) is 60.1 Å². The molecule has 2 atom stereocenters. The minimum atomic E-state index is -0.797. The highest BCUT2D eigenvalue weighted by molar-refractivity contribution is 5.22. The predicted octanol–water partition coefficient (Wildman–Crippen LogP) is 0.191. The lowest BCUT2D eigenvalue weighted by Crippen LogP contribution is -2.02. The molecule has 2 unspecified atom stereocenters. The predicted molar refractivity (Wildman–Crippen MR) is 24.5 cm³/mol. The first-order chi connectivity index (χ1) is 3.73. The lowest BCUT2D eigenvalue weighted by Gasteiger charge is -1.79. The Morgan fingerprint density at radius 3 is 2.38 bits per heavy atom. The van der Waals surface area contributed by atoms with Crippen LogP contribution in [0.3, 0.4) is 0 Å². The molecule has 0 amide bonds. The number of epoxide rings is 1. The van der Waals surface area contributed by atoms with Crippen molar-refractivity contribution in [2.45, 2.75) is 18.6 Å². The molecule has 1 saturated heterocycles. The zero-order valence-electron chi connectivity index (χ0n) is 4.38. The Balaban J connectivity index is 2.62. The highest BCUT2D eigenvalue weighted by Gasteiger charge is 2.53. The molecule has 0 bridgehead atoms. The van der Waals surface area contributed by atoms with Gasteiger partial charge in [-0.15, -0.1) is 0 Å². The van der Waals surface area contributed by atoms with Crippen LogP contribution in [0.15, 0.2) is 0 Å². The van der Waals surface area contributed by atoms with Gasteiger partial charge in [-0.25, -0.2) is 0 Å². The van der Waals surface area contributed by atoms with Gasteiger partial charge in [0.2, 0.25) is 0 Å². The van der Waals surface area contributed by atoms with E-state index >= 15 is 0 Å². The Hall–Kier alpha value is -1.06. The Morgan fingerprint density at radius 1 is 1.62 bits per heavy atom. The van der Waals surface area contributed by atoms with Gasteiger partial charge in [0.1, 0.15) is 6.07 Å². The minimum absolute atomic E-state index is 0.493. The maximum atomic E-state index is 8.24. The number of nitrogens with zero attached hydrogens (tertiary/aromatic N) is 2. The lowest BCUT2D eigenvalue weighted by atomic mass is 10.1. The highest BCUT2D eigenvalue weighted by Crippen LogP contribution is 2.33. The lowest BCUT2D eigenvalue weighted by molar-refractivity contribution is 0.362. The van der Waals surface area contributed by atoms with Gasteiger partial charge >= 0.3 is 0 Å². The zero-order chi connectivity index (χ0) is 6.20. The van der Waals surface area contributed by atoms with Crippen molar-refractivity contribution in [1.29, 1.82) is 10.5 Å². The second kappa shape index (κ2) is 1.21. The molecule has 8 heavy (non-hydrogen) atoms. The summed E-state index contributed by atoms with van der Waals surface area (Å²) in [5.41, 5.74) is -0.797. The number of nitriles is 2. The van der Waals surface area contributed by atoms with Crippen LogP contribution in [0.5, 0.6) is 0 Å². The average molecular weight is 108 g/mol. The van der Waals surface area contributed by atoms with Crippen molar-refractivity contribution in [3.63, 3.8) is 0 Å². The van der Waals surface area contributed by atoms with Crippen molar-refractivity contribution in [3.05, 3.63) is 0 Å². The van der Waals surface area contributed by atoms with Crippen LogP contribution in [0.2, 0.25) is 0 Å². The van der Waals surface area contributed by atoms with E-state index < -0.39 is 11.7 Å². The normalized spacial score (nSPS) is 42.1. The third-order valence-electron chi connectivity index (χ3n) is 1.15. The van der Waals surface area contributed by atoms with Crippen molar-refractivity contribution in [2.24, 2.45) is 0 Å². The van der Waals surface area contributed by atoms with Crippen LogP contribution in [0.4, 0.5) is 0 Å². The maximum absolute atomic E-state index is 8.24. The van der Waals surface area contributed by atoms with Crippen LogP contribution >= 0.6 is 0 Å². The number of hydrogen-bond donors (Lipinski definition) is 0. The van der Waals surface area contributed by atoms with E-state index in [4.69, 9.17) is 10.5 Å². The summed E-state index contributed by atoms with van der Waals surface area (Å²) in [6.45, 7) is 1.60. The van der Waals surface area contributed by atoms with Gasteiger partial charge in [0.05, 0.1) is 6.07 Å². The van der Waals surface area contributed by atoms with Crippen LogP contribution in [-0.4, -0.2) is 11.7 Å². The van der Waals surface area contributed by atoms with Crippen LogP contribution in [0.1, 0.15) is 6.92 Å². The average Bonchev–Trinajstić information content (AvgIpc) is 2.44. The summed E-state index contributed by atoms with van der Waals surface area (Å²) in [5, 5.41) is 16.4. The monoisotopic (exact) mass is 108 g/mol. The molecule has 0 radical (unpaired) electrons. The largest absolute Gasteiger partial charge is 0.334 e. The summed E-state index contributed by atoms with van der Waals surface area (Å²) in [5.74, 6) is 0. The molecular weight excluding hydrogens is 104 g/mol. The molecule has 0 aromatic carbocycles. The van der Waals surface area contributed by atoms with Crippen molar-refractivity contribution >= 4 is 0 Å². The maximum Gasteiger partial charge on any atom is 0.192 e. The van der Waals surface area contributed by atoms with Crippen molar-refractivity contribution in [2.75, 3.05) is 0 Å². The SMILES string of the molecule is CC1(C#N)OC1C#N. The van der Waals surface area contributed by atoms with Crippen LogP contribution in [0.25, 0.3) is 0 Å². The fourth-order valence-corrected chi connectivity index (χ4v) is 0.445. The van der Waals surface area contributed by atoms with Crippen LogP contribution in [-0.2, 0) is 4.74 Å². The van der Waals surface area contributed by atoms with Gasteiger partial charge < -0.3 is 4.74 Å². The van der Waals surface area contributed by atoms with E-state index in [1.54, 1.807) is 6.92 Å². The van der Waals surface area contributed by atoms with E-state index in [1.807, 2.05) is 12.1 Å². The van der Waals surface area contributed by atoms with E-state index in [1.165, 1.54) is 0 Å². The minimum Gasteiger partial charge on any atom is -0.334 e. The molecule has 0 aliphatic carbocycles. The molecule has 40 valence electrons. The molecular formula is C5H4N2O. The first-order valence-electron chi connectivity index (χ1n) is 2.21. The van der Waals surface area contributed by atoms with Gasteiger partial charge in [-0.1, -0.05) is 0 Å². The van der Waals surface area contributed by atoms with Crippen molar-refractivity contribution in [3.8, 4) is 12.1 Å². The standard InChI is InChI=1S/C5H4N2O/c1-5(3-7)4(2-6)8-5/h4H,1H3. The summed E-state index contributed by atoms with van der Waals surface area (Å²) in [4.78, 5) is 0. The van der Waals surface area contributed by atoms with Gasteiger partial charge in [-0.3, -0.25) is 0 Å². The number of ether oxygens (including phenoxy) is 1. The van der Waals surface area contributed by atoms with Crippen LogP contribution < -0.4 is 0 Å². The molecule has 0 aromatic rings. The molecule has 1 rings (SSSR count). The Bertz CT molecular complexity index is 188. The Morgan fingerprint density at radius 2 is 2.25 bits per heavy atom. The smallest absolute Gasteiger partial charge is 0.192 e. The third-order valence-corrected chi connectivity index (χ3v) is 1.15. The quantitative estimate of drug-likeness (QED) is 0.416. The van der Waals surface area contributed by atoms with E-state index in [9.17, 15) is 0 Å². The van der Waals surface area contributed by atoms with Crippen molar-refractivity contribution < 1.29 is 4.74 Å². The number of hydrogen-bond acceptors (Lipinski definition) is 3. The molecule has 1 aliphatic rings. The fraction of sp³-hybridized carbons (Fsp3) is 0.600. The van der Waals surface area contributed by atoms with Gasteiger partial charge in [-0.2, -0.15) is 10.5 Å². The zero-order valence-corrected chi connectivity index (χ0v) is 4.38. The van der Waals surface area contributed by atoms with E-state index in [-0.39, 0.29) is 0 Å². The fourth-order valence-electron chi connectivity index (χ4n) is 0.445. The van der Waals surface area contributed by atoms with Gasteiger partial charge in [0.25, 0.3) is 0 Å². The second-order valence-corrected chi connectivity index (χ2v) is 1.85.